The molecule has 0 aliphatic heterocycles. The maximum atomic E-state index is 5.76. The van der Waals surface area contributed by atoms with Crippen LogP contribution in [-0.2, 0) is 13.0 Å². The lowest BCUT2D eigenvalue weighted by molar-refractivity contribution is 0.780. The van der Waals surface area contributed by atoms with Crippen molar-refractivity contribution in [3.8, 4) is 0 Å². The van der Waals surface area contributed by atoms with Crippen LogP contribution in [0.25, 0.3) is 11.0 Å². The molecule has 3 aromatic rings. The summed E-state index contributed by atoms with van der Waals surface area (Å²) in [6.07, 6.45) is 2.71. The molecule has 0 aliphatic carbocycles. The molecule has 0 unspecified atom stereocenters. The summed E-state index contributed by atoms with van der Waals surface area (Å²) in [6, 6.07) is 12.4. The molecule has 1 heterocycles. The van der Waals surface area contributed by atoms with Crippen LogP contribution in [0, 0.1) is 13.8 Å². The van der Waals surface area contributed by atoms with Gasteiger partial charge in [-0.3, -0.25) is 0 Å². The summed E-state index contributed by atoms with van der Waals surface area (Å²) < 4.78 is 2.24. The molecule has 0 spiro atoms. The van der Waals surface area contributed by atoms with E-state index < -0.39 is 0 Å². The molecule has 0 saturated carbocycles. The number of rotatable bonds is 4. The smallest absolute Gasteiger partial charge is 0.114 e. The van der Waals surface area contributed by atoms with Gasteiger partial charge in [-0.2, -0.15) is 0 Å². The van der Waals surface area contributed by atoms with Gasteiger partial charge in [0.2, 0.25) is 0 Å². The van der Waals surface area contributed by atoms with Gasteiger partial charge < -0.3 is 10.3 Å². The Morgan fingerprint density at radius 1 is 1.14 bits per heavy atom. The Labute approximate surface area is 131 Å². The predicted molar refractivity (Wildman–Crippen MR) is 93.1 cm³/mol. The van der Waals surface area contributed by atoms with E-state index >= 15 is 0 Å². The lowest BCUT2D eigenvalue weighted by Crippen LogP contribution is -2.03. The summed E-state index contributed by atoms with van der Waals surface area (Å²) >= 11 is 0. The van der Waals surface area contributed by atoms with Gasteiger partial charge in [-0.25, -0.2) is 4.98 Å². The number of hydrogen-bond donors (Lipinski definition) is 1. The van der Waals surface area contributed by atoms with Crippen molar-refractivity contribution in [2.24, 2.45) is 0 Å². The van der Waals surface area contributed by atoms with Crippen molar-refractivity contribution in [3.05, 3.63) is 71.6 Å². The number of aryl methyl sites for hydroxylation is 2. The predicted octanol–water partition coefficient (Wildman–Crippen LogP) is 4.01. The summed E-state index contributed by atoms with van der Waals surface area (Å²) in [5.74, 6) is 1.06. The van der Waals surface area contributed by atoms with Crippen LogP contribution in [-0.4, -0.2) is 9.55 Å². The van der Waals surface area contributed by atoms with Crippen molar-refractivity contribution in [1.82, 2.24) is 9.55 Å². The maximum Gasteiger partial charge on any atom is 0.114 e. The van der Waals surface area contributed by atoms with Crippen LogP contribution < -0.4 is 5.73 Å². The molecule has 0 amide bonds. The topological polar surface area (TPSA) is 43.8 Å². The number of hydrogen-bond acceptors (Lipinski definition) is 2. The third kappa shape index (κ3) is 2.62. The Morgan fingerprint density at radius 3 is 2.50 bits per heavy atom. The molecule has 2 N–H and O–H groups in total. The molecule has 3 nitrogen and oxygen atoms in total. The number of nitrogen functional groups attached to an aromatic ring is 1. The van der Waals surface area contributed by atoms with Crippen LogP contribution in [0.3, 0.4) is 0 Å². The number of nitrogens with zero attached hydrogens (tertiary/aromatic N) is 2. The molecule has 112 valence electrons. The Hall–Kier alpha value is -2.55. The third-order valence-electron chi connectivity index (χ3n) is 4.10. The summed E-state index contributed by atoms with van der Waals surface area (Å²) in [6.45, 7) is 8.91. The minimum absolute atomic E-state index is 0.767. The molecular formula is C19H21N3. The first-order valence-electron chi connectivity index (χ1n) is 7.50. The van der Waals surface area contributed by atoms with Crippen LogP contribution in [0.1, 0.15) is 22.5 Å². The van der Waals surface area contributed by atoms with Gasteiger partial charge in [0.05, 0.1) is 11.0 Å². The molecule has 22 heavy (non-hydrogen) atoms. The van der Waals surface area contributed by atoms with Gasteiger partial charge in [0.25, 0.3) is 0 Å². The Balaban J connectivity index is 2.09. The van der Waals surface area contributed by atoms with E-state index in [4.69, 9.17) is 10.7 Å². The average Bonchev–Trinajstić information content (AvgIpc) is 2.80. The first-order valence-corrected chi connectivity index (χ1v) is 7.50. The van der Waals surface area contributed by atoms with E-state index in [0.29, 0.717) is 0 Å². The second-order valence-corrected chi connectivity index (χ2v) is 5.77. The lowest BCUT2D eigenvalue weighted by atomic mass is 10.1. The van der Waals surface area contributed by atoms with Gasteiger partial charge in [-0.15, -0.1) is 6.58 Å². The maximum absolute atomic E-state index is 5.76. The Bertz CT molecular complexity index is 826. The Kier molecular flexibility index (Phi) is 3.72. The molecule has 2 aromatic carbocycles. The first-order chi connectivity index (χ1) is 10.6. The minimum atomic E-state index is 0.767. The first kappa shape index (κ1) is 14.4. The van der Waals surface area contributed by atoms with Crippen LogP contribution in [0.5, 0.6) is 0 Å². The van der Waals surface area contributed by atoms with Gasteiger partial charge >= 0.3 is 0 Å². The molecule has 0 fully saturated rings. The van der Waals surface area contributed by atoms with Gasteiger partial charge in [-0.1, -0.05) is 18.2 Å². The van der Waals surface area contributed by atoms with E-state index in [-0.39, 0.29) is 0 Å². The molecule has 0 radical (unpaired) electrons. The number of aromatic nitrogens is 2. The highest BCUT2D eigenvalue weighted by Crippen LogP contribution is 2.22. The van der Waals surface area contributed by atoms with Crippen LogP contribution in [0.15, 0.2) is 49.1 Å². The normalized spacial score (nSPS) is 11.0. The van der Waals surface area contributed by atoms with E-state index in [1.807, 2.05) is 18.2 Å². The molecule has 0 saturated heterocycles. The molecule has 0 aliphatic rings. The van der Waals surface area contributed by atoms with Gasteiger partial charge in [0, 0.05) is 18.7 Å². The zero-order valence-electron chi connectivity index (χ0n) is 13.1. The molecular weight excluding hydrogens is 270 g/mol. The van der Waals surface area contributed by atoms with Gasteiger partial charge in [-0.05, 0) is 54.8 Å². The third-order valence-corrected chi connectivity index (χ3v) is 4.10. The fourth-order valence-corrected chi connectivity index (χ4v) is 2.72. The van der Waals surface area contributed by atoms with Crippen molar-refractivity contribution < 1.29 is 0 Å². The fraction of sp³-hybridized carbons (Fsp3) is 0.211. The second-order valence-electron chi connectivity index (χ2n) is 5.77. The van der Waals surface area contributed by atoms with E-state index in [2.05, 4.69) is 49.3 Å². The van der Waals surface area contributed by atoms with Crippen molar-refractivity contribution >= 4 is 16.7 Å². The van der Waals surface area contributed by atoms with E-state index in [1.54, 1.807) is 0 Å². The monoisotopic (exact) mass is 291 g/mol. The number of fused-ring (bicyclic) bond motifs is 1. The summed E-state index contributed by atoms with van der Waals surface area (Å²) in [5.41, 5.74) is 12.5. The van der Waals surface area contributed by atoms with Crippen molar-refractivity contribution in [1.29, 1.82) is 0 Å². The highest BCUT2D eigenvalue weighted by atomic mass is 15.1. The van der Waals surface area contributed by atoms with E-state index in [9.17, 15) is 0 Å². The average molecular weight is 291 g/mol. The number of benzene rings is 2. The zero-order chi connectivity index (χ0) is 15.7. The number of nitrogens with two attached hydrogens (primary N) is 1. The number of imidazole rings is 1. The van der Waals surface area contributed by atoms with Crippen LogP contribution in [0.4, 0.5) is 5.69 Å². The van der Waals surface area contributed by atoms with Gasteiger partial charge in [0.15, 0.2) is 0 Å². The molecule has 0 atom stereocenters. The van der Waals surface area contributed by atoms with Crippen molar-refractivity contribution in [2.45, 2.75) is 26.8 Å². The SMILES string of the molecule is C=CCn1c(Cc2ccc(N)cc2)nc2cc(C)c(C)cc21. The number of allylic oxidation sites excluding steroid dienone is 1. The number of anilines is 1. The largest absolute Gasteiger partial charge is 0.399 e. The fourth-order valence-electron chi connectivity index (χ4n) is 2.72. The van der Waals surface area contributed by atoms with Crippen molar-refractivity contribution in [3.63, 3.8) is 0 Å². The van der Waals surface area contributed by atoms with Crippen LogP contribution >= 0.6 is 0 Å². The zero-order valence-corrected chi connectivity index (χ0v) is 13.1. The van der Waals surface area contributed by atoms with E-state index in [0.717, 1.165) is 30.0 Å². The quantitative estimate of drug-likeness (QED) is 0.583. The standard InChI is InChI=1S/C19H21N3/c1-4-9-22-18-11-14(3)13(2)10-17(18)21-19(22)12-15-5-7-16(20)8-6-15/h4-8,10-11H,1,9,12,20H2,2-3H3. The molecule has 3 rings (SSSR count). The van der Waals surface area contributed by atoms with Crippen LogP contribution in [0.2, 0.25) is 0 Å². The highest BCUT2D eigenvalue weighted by molar-refractivity contribution is 5.78. The van der Waals surface area contributed by atoms with Gasteiger partial charge in [0.1, 0.15) is 5.82 Å². The summed E-state index contributed by atoms with van der Waals surface area (Å²) in [7, 11) is 0. The minimum Gasteiger partial charge on any atom is -0.399 e. The highest BCUT2D eigenvalue weighted by Gasteiger charge is 2.11. The second kappa shape index (κ2) is 5.68. The summed E-state index contributed by atoms with van der Waals surface area (Å²) in [5, 5.41) is 0. The van der Waals surface area contributed by atoms with Crippen molar-refractivity contribution in [2.75, 3.05) is 5.73 Å². The lowest BCUT2D eigenvalue weighted by Gasteiger charge is -2.08. The molecule has 3 heteroatoms. The molecule has 0 bridgehead atoms. The Morgan fingerprint density at radius 2 is 1.82 bits per heavy atom. The molecule has 1 aromatic heterocycles. The summed E-state index contributed by atoms with van der Waals surface area (Å²) in [4.78, 5) is 4.83. The van der Waals surface area contributed by atoms with E-state index in [1.165, 1.54) is 22.2 Å².